The minimum absolute atomic E-state index is 0.0139. The van der Waals surface area contributed by atoms with Gasteiger partial charge >= 0.3 is 0 Å². The fourth-order valence-electron chi connectivity index (χ4n) is 2.78. The lowest BCUT2D eigenvalue weighted by molar-refractivity contribution is 0.0986. The molecule has 0 amide bonds. The third-order valence-corrected chi connectivity index (χ3v) is 4.09. The van der Waals surface area contributed by atoms with Crippen molar-refractivity contribution in [2.75, 3.05) is 39.8 Å². The predicted octanol–water partition coefficient (Wildman–Crippen LogP) is 1.45. The molecule has 5 nitrogen and oxygen atoms in total. The van der Waals surface area contributed by atoms with Gasteiger partial charge in [0.2, 0.25) is 0 Å². The molecule has 0 aromatic heterocycles. The molecule has 1 heterocycles. The molecule has 0 radical (unpaired) electrons. The van der Waals surface area contributed by atoms with Crippen molar-refractivity contribution in [1.82, 2.24) is 10.2 Å². The standard InChI is InChI=1S/C17H26N2O3/c1-22-17-11-14(13-20)5-6-15(17)16(21)12-18-7-10-19-8-3-2-4-9-19/h5-6,11,18,20H,2-4,7-10,12-13H2,1H3. The Kier molecular flexibility index (Phi) is 6.83. The number of Topliss-reactive ketones (excluding diaryl/α,β-unsaturated/α-hetero) is 1. The van der Waals surface area contributed by atoms with Crippen molar-refractivity contribution in [2.24, 2.45) is 0 Å². The summed E-state index contributed by atoms with van der Waals surface area (Å²) in [5, 5.41) is 12.3. The first-order chi connectivity index (χ1) is 10.7. The fraction of sp³-hybridized carbons (Fsp3) is 0.588. The van der Waals surface area contributed by atoms with Gasteiger partial charge in [0.25, 0.3) is 0 Å². The third-order valence-electron chi connectivity index (χ3n) is 4.09. The van der Waals surface area contributed by atoms with Crippen molar-refractivity contribution >= 4 is 5.78 Å². The second kappa shape index (κ2) is 8.88. The van der Waals surface area contributed by atoms with E-state index in [4.69, 9.17) is 9.84 Å². The molecule has 1 saturated heterocycles. The minimum atomic E-state index is -0.0566. The average molecular weight is 306 g/mol. The molecule has 2 rings (SSSR count). The number of nitrogens with one attached hydrogen (secondary N) is 1. The minimum Gasteiger partial charge on any atom is -0.496 e. The molecule has 0 atom stereocenters. The highest BCUT2D eigenvalue weighted by Crippen LogP contribution is 2.20. The molecular formula is C17H26N2O3. The Morgan fingerprint density at radius 3 is 2.77 bits per heavy atom. The number of carbonyl (C=O) groups excluding carboxylic acids is 1. The van der Waals surface area contributed by atoms with Crippen LogP contribution in [-0.4, -0.2) is 55.6 Å². The van der Waals surface area contributed by atoms with Gasteiger partial charge in [-0.3, -0.25) is 4.79 Å². The third kappa shape index (κ3) is 4.80. The molecule has 122 valence electrons. The number of benzene rings is 1. The molecule has 2 N–H and O–H groups in total. The van der Waals surface area contributed by atoms with E-state index in [1.165, 1.54) is 39.5 Å². The lowest BCUT2D eigenvalue weighted by Crippen LogP contribution is -2.37. The summed E-state index contributed by atoms with van der Waals surface area (Å²) in [6, 6.07) is 5.18. The summed E-state index contributed by atoms with van der Waals surface area (Å²) in [6.45, 7) is 4.41. The van der Waals surface area contributed by atoms with Crippen LogP contribution in [0.25, 0.3) is 0 Å². The van der Waals surface area contributed by atoms with E-state index < -0.39 is 0 Å². The Morgan fingerprint density at radius 2 is 2.09 bits per heavy atom. The van der Waals surface area contributed by atoms with Crippen molar-refractivity contribution in [2.45, 2.75) is 25.9 Å². The van der Waals surface area contributed by atoms with Crippen LogP contribution in [0.1, 0.15) is 35.2 Å². The Bertz CT molecular complexity index is 485. The molecule has 22 heavy (non-hydrogen) atoms. The molecule has 1 aromatic rings. The van der Waals surface area contributed by atoms with Gasteiger partial charge in [0, 0.05) is 13.1 Å². The predicted molar refractivity (Wildman–Crippen MR) is 86.4 cm³/mol. The monoisotopic (exact) mass is 306 g/mol. The van der Waals surface area contributed by atoms with Crippen molar-refractivity contribution in [3.8, 4) is 5.75 Å². The quantitative estimate of drug-likeness (QED) is 0.562. The molecule has 1 aliphatic rings. The number of carbonyl (C=O) groups is 1. The number of aliphatic hydroxyl groups is 1. The fourth-order valence-corrected chi connectivity index (χ4v) is 2.78. The van der Waals surface area contributed by atoms with Crippen LogP contribution in [0.3, 0.4) is 0 Å². The first-order valence-corrected chi connectivity index (χ1v) is 7.98. The maximum atomic E-state index is 12.3. The number of aliphatic hydroxyl groups excluding tert-OH is 1. The molecule has 1 fully saturated rings. The largest absolute Gasteiger partial charge is 0.496 e. The van der Waals surface area contributed by atoms with Gasteiger partial charge < -0.3 is 20.1 Å². The van der Waals surface area contributed by atoms with Crippen LogP contribution in [0.5, 0.6) is 5.75 Å². The molecule has 0 spiro atoms. The van der Waals surface area contributed by atoms with Gasteiger partial charge in [-0.15, -0.1) is 0 Å². The highest BCUT2D eigenvalue weighted by molar-refractivity contribution is 6.00. The van der Waals surface area contributed by atoms with Crippen LogP contribution >= 0.6 is 0 Å². The number of rotatable bonds is 8. The van der Waals surface area contributed by atoms with Gasteiger partial charge in [0.15, 0.2) is 5.78 Å². The number of methoxy groups -OCH3 is 1. The van der Waals surface area contributed by atoms with Gasteiger partial charge in [-0.25, -0.2) is 0 Å². The highest BCUT2D eigenvalue weighted by atomic mass is 16.5. The van der Waals surface area contributed by atoms with E-state index in [-0.39, 0.29) is 12.4 Å². The van der Waals surface area contributed by atoms with Crippen LogP contribution in [0, 0.1) is 0 Å². The van der Waals surface area contributed by atoms with E-state index in [2.05, 4.69) is 10.2 Å². The van der Waals surface area contributed by atoms with Gasteiger partial charge in [-0.1, -0.05) is 12.5 Å². The maximum Gasteiger partial charge on any atom is 0.180 e. The summed E-state index contributed by atoms with van der Waals surface area (Å²) < 4.78 is 5.24. The number of ether oxygens (including phenoxy) is 1. The summed E-state index contributed by atoms with van der Waals surface area (Å²) in [7, 11) is 1.54. The molecular weight excluding hydrogens is 280 g/mol. The van der Waals surface area contributed by atoms with E-state index >= 15 is 0 Å². The Morgan fingerprint density at radius 1 is 1.32 bits per heavy atom. The smallest absolute Gasteiger partial charge is 0.180 e. The van der Waals surface area contributed by atoms with Crippen LogP contribution in [0.15, 0.2) is 18.2 Å². The van der Waals surface area contributed by atoms with Gasteiger partial charge in [0.05, 0.1) is 25.8 Å². The average Bonchev–Trinajstić information content (AvgIpc) is 2.58. The summed E-state index contributed by atoms with van der Waals surface area (Å²) >= 11 is 0. The molecule has 5 heteroatoms. The molecule has 0 aliphatic carbocycles. The lowest BCUT2D eigenvalue weighted by Gasteiger charge is -2.26. The van der Waals surface area contributed by atoms with Crippen LogP contribution < -0.4 is 10.1 Å². The summed E-state index contributed by atoms with van der Waals surface area (Å²) in [6.07, 6.45) is 3.91. The Hall–Kier alpha value is -1.43. The first kappa shape index (κ1) is 16.9. The van der Waals surface area contributed by atoms with E-state index in [1.807, 2.05) is 0 Å². The molecule has 0 unspecified atom stereocenters. The Balaban J connectivity index is 1.79. The number of likely N-dealkylation sites (tertiary alicyclic amines) is 1. The number of piperidine rings is 1. The second-order valence-corrected chi connectivity index (χ2v) is 5.70. The number of hydrogen-bond donors (Lipinski definition) is 2. The van der Waals surface area contributed by atoms with Crippen molar-refractivity contribution < 1.29 is 14.6 Å². The zero-order chi connectivity index (χ0) is 15.8. The molecule has 0 saturated carbocycles. The zero-order valence-electron chi connectivity index (χ0n) is 13.3. The van der Waals surface area contributed by atoms with Crippen LogP contribution in [-0.2, 0) is 6.61 Å². The highest BCUT2D eigenvalue weighted by Gasteiger charge is 2.13. The second-order valence-electron chi connectivity index (χ2n) is 5.70. The topological polar surface area (TPSA) is 61.8 Å². The maximum absolute atomic E-state index is 12.3. The SMILES string of the molecule is COc1cc(CO)ccc1C(=O)CNCCN1CCCCC1. The summed E-state index contributed by atoms with van der Waals surface area (Å²) in [5.41, 5.74) is 1.30. The number of hydrogen-bond acceptors (Lipinski definition) is 5. The summed E-state index contributed by atoms with van der Waals surface area (Å²) in [4.78, 5) is 14.7. The van der Waals surface area contributed by atoms with E-state index in [1.54, 1.807) is 18.2 Å². The Labute approximate surface area is 132 Å². The normalized spacial score (nSPS) is 15.7. The van der Waals surface area contributed by atoms with Gasteiger partial charge in [-0.2, -0.15) is 0 Å². The number of ketones is 1. The van der Waals surface area contributed by atoms with Crippen molar-refractivity contribution in [3.63, 3.8) is 0 Å². The van der Waals surface area contributed by atoms with Gasteiger partial charge in [0.1, 0.15) is 5.75 Å². The summed E-state index contributed by atoms with van der Waals surface area (Å²) in [5.74, 6) is 0.536. The molecule has 1 aliphatic heterocycles. The van der Waals surface area contributed by atoms with E-state index in [0.29, 0.717) is 17.9 Å². The van der Waals surface area contributed by atoms with Gasteiger partial charge in [-0.05, 0) is 43.6 Å². The first-order valence-electron chi connectivity index (χ1n) is 7.98. The van der Waals surface area contributed by atoms with Crippen molar-refractivity contribution in [1.29, 1.82) is 0 Å². The molecule has 1 aromatic carbocycles. The van der Waals surface area contributed by atoms with Crippen LogP contribution in [0.2, 0.25) is 0 Å². The lowest BCUT2D eigenvalue weighted by atomic mass is 10.1. The van der Waals surface area contributed by atoms with Crippen molar-refractivity contribution in [3.05, 3.63) is 29.3 Å². The van der Waals surface area contributed by atoms with E-state index in [0.717, 1.165) is 18.7 Å². The number of nitrogens with zero attached hydrogens (tertiary/aromatic N) is 1. The molecule has 0 bridgehead atoms. The van der Waals surface area contributed by atoms with Crippen LogP contribution in [0.4, 0.5) is 0 Å². The zero-order valence-corrected chi connectivity index (χ0v) is 13.3. The van der Waals surface area contributed by atoms with E-state index in [9.17, 15) is 4.79 Å².